The van der Waals surface area contributed by atoms with Crippen LogP contribution in [0.25, 0.3) is 0 Å². The molecule has 1 amide bonds. The fourth-order valence-electron chi connectivity index (χ4n) is 1.02. The van der Waals surface area contributed by atoms with E-state index in [0.717, 1.165) is 0 Å². The zero-order valence-corrected chi connectivity index (χ0v) is 6.78. The van der Waals surface area contributed by atoms with E-state index in [-0.39, 0.29) is 12.3 Å². The van der Waals surface area contributed by atoms with E-state index >= 15 is 0 Å². The predicted octanol–water partition coefficient (Wildman–Crippen LogP) is -1.11. The summed E-state index contributed by atoms with van der Waals surface area (Å²) in [7, 11) is 0. The molecule has 1 atom stereocenters. The second-order valence-electron chi connectivity index (χ2n) is 2.66. The third-order valence-electron chi connectivity index (χ3n) is 1.62. The fraction of sp³-hybridized carbons (Fsp3) is 0.571. The smallest absolute Gasteiger partial charge is 0.341 e. The molecule has 1 aliphatic heterocycles. The quantitative estimate of drug-likeness (QED) is 0.546. The highest BCUT2D eigenvalue weighted by Gasteiger charge is 2.28. The Bertz CT molecular complexity index is 249. The van der Waals surface area contributed by atoms with Crippen LogP contribution < -0.4 is 5.32 Å². The summed E-state index contributed by atoms with van der Waals surface area (Å²) in [5.41, 5.74) is 0. The molecular weight excluding hydrogens is 178 g/mol. The number of carboxylic acids is 1. The first-order chi connectivity index (χ1) is 6.09. The summed E-state index contributed by atoms with van der Waals surface area (Å²) in [6, 6.07) is -0.674. The van der Waals surface area contributed by atoms with Crippen LogP contribution in [-0.4, -0.2) is 35.6 Å². The summed E-state index contributed by atoms with van der Waals surface area (Å²) in [5, 5.41) is 10.6. The van der Waals surface area contributed by atoms with Crippen LogP contribution in [-0.2, 0) is 19.1 Å². The standard InChI is InChI=1S/C7H9NO5/c9-5-2-1-4(8-5)7(12)13-3-6(10)11/h4H,1-3H2,(H,8,9)(H,10,11)/t4-/m0/s1. The van der Waals surface area contributed by atoms with E-state index in [9.17, 15) is 14.4 Å². The summed E-state index contributed by atoms with van der Waals surface area (Å²) in [6.07, 6.45) is 0.657. The maximum absolute atomic E-state index is 11.0. The third-order valence-corrected chi connectivity index (χ3v) is 1.62. The molecule has 0 unspecified atom stereocenters. The molecule has 0 radical (unpaired) electrons. The van der Waals surface area contributed by atoms with Crippen LogP contribution >= 0.6 is 0 Å². The molecule has 0 aromatic carbocycles. The summed E-state index contributed by atoms with van der Waals surface area (Å²) >= 11 is 0. The normalized spacial score (nSPS) is 20.9. The minimum absolute atomic E-state index is 0.211. The van der Waals surface area contributed by atoms with Gasteiger partial charge in [-0.3, -0.25) is 4.79 Å². The molecule has 0 saturated carbocycles. The van der Waals surface area contributed by atoms with Crippen molar-refractivity contribution < 1.29 is 24.2 Å². The highest BCUT2D eigenvalue weighted by molar-refractivity contribution is 5.88. The van der Waals surface area contributed by atoms with Gasteiger partial charge < -0.3 is 15.2 Å². The van der Waals surface area contributed by atoms with E-state index in [1.807, 2.05) is 0 Å². The van der Waals surface area contributed by atoms with E-state index in [1.165, 1.54) is 0 Å². The van der Waals surface area contributed by atoms with Crippen LogP contribution in [0.4, 0.5) is 0 Å². The van der Waals surface area contributed by atoms with E-state index in [1.54, 1.807) is 0 Å². The Kier molecular flexibility index (Phi) is 2.84. The zero-order valence-electron chi connectivity index (χ0n) is 6.78. The topological polar surface area (TPSA) is 92.7 Å². The molecule has 0 aromatic rings. The van der Waals surface area contributed by atoms with Crippen LogP contribution in [0.2, 0.25) is 0 Å². The van der Waals surface area contributed by atoms with Crippen molar-refractivity contribution in [1.29, 1.82) is 0 Å². The van der Waals surface area contributed by atoms with Crippen LogP contribution in [0.15, 0.2) is 0 Å². The number of carboxylic acid groups (broad SMARTS) is 1. The predicted molar refractivity (Wildman–Crippen MR) is 39.8 cm³/mol. The lowest BCUT2D eigenvalue weighted by molar-refractivity contribution is -0.156. The lowest BCUT2D eigenvalue weighted by Crippen LogP contribution is -2.35. The van der Waals surface area contributed by atoms with Gasteiger partial charge >= 0.3 is 11.9 Å². The first-order valence-electron chi connectivity index (χ1n) is 3.77. The molecule has 1 aliphatic rings. The number of ether oxygens (including phenoxy) is 1. The summed E-state index contributed by atoms with van der Waals surface area (Å²) in [5.74, 6) is -2.11. The Morgan fingerprint density at radius 2 is 2.31 bits per heavy atom. The molecule has 1 saturated heterocycles. The van der Waals surface area contributed by atoms with E-state index < -0.39 is 24.6 Å². The van der Waals surface area contributed by atoms with Gasteiger partial charge in [0.05, 0.1) is 0 Å². The largest absolute Gasteiger partial charge is 0.479 e. The number of carbonyl (C=O) groups excluding carboxylic acids is 2. The van der Waals surface area contributed by atoms with E-state index in [2.05, 4.69) is 10.1 Å². The number of hydrogen-bond donors (Lipinski definition) is 2. The van der Waals surface area contributed by atoms with Gasteiger partial charge in [0, 0.05) is 6.42 Å². The van der Waals surface area contributed by atoms with Crippen LogP contribution in [0.3, 0.4) is 0 Å². The maximum Gasteiger partial charge on any atom is 0.341 e. The van der Waals surface area contributed by atoms with Gasteiger partial charge in [-0.1, -0.05) is 0 Å². The first kappa shape index (κ1) is 9.50. The van der Waals surface area contributed by atoms with Crippen LogP contribution in [0.5, 0.6) is 0 Å². The molecule has 0 aromatic heterocycles. The highest BCUT2D eigenvalue weighted by Crippen LogP contribution is 2.07. The van der Waals surface area contributed by atoms with Gasteiger partial charge in [-0.2, -0.15) is 0 Å². The molecule has 0 bridgehead atoms. The SMILES string of the molecule is O=C(O)COC(=O)[C@@H]1CCC(=O)N1. The van der Waals surface area contributed by atoms with Gasteiger partial charge in [-0.15, -0.1) is 0 Å². The van der Waals surface area contributed by atoms with Crippen LogP contribution in [0, 0.1) is 0 Å². The average molecular weight is 187 g/mol. The van der Waals surface area contributed by atoms with Crippen molar-refractivity contribution in [3.8, 4) is 0 Å². The summed E-state index contributed by atoms with van der Waals surface area (Å²) < 4.78 is 4.38. The van der Waals surface area contributed by atoms with Gasteiger partial charge in [0.15, 0.2) is 6.61 Å². The van der Waals surface area contributed by atoms with E-state index in [0.29, 0.717) is 6.42 Å². The second-order valence-corrected chi connectivity index (χ2v) is 2.66. The molecule has 1 fully saturated rings. The summed E-state index contributed by atoms with van der Waals surface area (Å²) in [6.45, 7) is -0.662. The van der Waals surface area contributed by atoms with Gasteiger partial charge in [0.1, 0.15) is 6.04 Å². The lowest BCUT2D eigenvalue weighted by Gasteiger charge is -2.07. The Morgan fingerprint density at radius 3 is 2.77 bits per heavy atom. The Hall–Kier alpha value is -1.59. The van der Waals surface area contributed by atoms with Crippen molar-refractivity contribution in [3.63, 3.8) is 0 Å². The van der Waals surface area contributed by atoms with Crippen molar-refractivity contribution in [2.45, 2.75) is 18.9 Å². The Balaban J connectivity index is 2.31. The Morgan fingerprint density at radius 1 is 1.62 bits per heavy atom. The number of nitrogens with one attached hydrogen (secondary N) is 1. The van der Waals surface area contributed by atoms with Gasteiger partial charge in [-0.05, 0) is 6.42 Å². The van der Waals surface area contributed by atoms with Crippen LogP contribution in [0.1, 0.15) is 12.8 Å². The lowest BCUT2D eigenvalue weighted by atomic mass is 10.2. The minimum Gasteiger partial charge on any atom is -0.479 e. The molecule has 0 spiro atoms. The molecule has 6 nitrogen and oxygen atoms in total. The number of esters is 1. The number of amides is 1. The van der Waals surface area contributed by atoms with Gasteiger partial charge in [0.25, 0.3) is 0 Å². The van der Waals surface area contributed by atoms with E-state index in [4.69, 9.17) is 5.11 Å². The van der Waals surface area contributed by atoms with Crippen molar-refractivity contribution in [3.05, 3.63) is 0 Å². The molecule has 0 aliphatic carbocycles. The molecule has 13 heavy (non-hydrogen) atoms. The van der Waals surface area contributed by atoms with Crippen molar-refractivity contribution >= 4 is 17.8 Å². The molecule has 72 valence electrons. The highest BCUT2D eigenvalue weighted by atomic mass is 16.6. The molecular formula is C7H9NO5. The number of carbonyl (C=O) groups is 3. The van der Waals surface area contributed by atoms with Crippen molar-refractivity contribution in [2.24, 2.45) is 0 Å². The second kappa shape index (κ2) is 3.88. The third kappa shape index (κ3) is 2.73. The molecule has 2 N–H and O–H groups in total. The monoisotopic (exact) mass is 187 g/mol. The maximum atomic E-state index is 11.0. The van der Waals surface area contributed by atoms with Crippen molar-refractivity contribution in [2.75, 3.05) is 6.61 Å². The van der Waals surface area contributed by atoms with Crippen molar-refractivity contribution in [1.82, 2.24) is 5.32 Å². The van der Waals surface area contributed by atoms with Gasteiger partial charge in [0.2, 0.25) is 5.91 Å². The average Bonchev–Trinajstić information content (AvgIpc) is 2.47. The minimum atomic E-state index is -1.21. The first-order valence-corrected chi connectivity index (χ1v) is 3.77. The molecule has 6 heteroatoms. The Labute approximate surface area is 73.9 Å². The molecule has 1 rings (SSSR count). The zero-order chi connectivity index (χ0) is 9.84. The molecule has 1 heterocycles. The fourth-order valence-corrected chi connectivity index (χ4v) is 1.02. The number of aliphatic carboxylic acids is 1. The van der Waals surface area contributed by atoms with Gasteiger partial charge in [-0.25, -0.2) is 9.59 Å². The summed E-state index contributed by atoms with van der Waals surface area (Å²) in [4.78, 5) is 31.7. The number of hydrogen-bond acceptors (Lipinski definition) is 4. The number of rotatable bonds is 3.